The van der Waals surface area contributed by atoms with Gasteiger partial charge in [-0.25, -0.2) is 4.39 Å². The zero-order valence-electron chi connectivity index (χ0n) is 9.31. The second-order valence-corrected chi connectivity index (χ2v) is 4.54. The number of hydrogen-bond donors (Lipinski definition) is 1. The van der Waals surface area contributed by atoms with Crippen LogP contribution < -0.4 is 5.32 Å². The standard InChI is InChI=1S/C13H12FNOS/c1-9(10-2-4-12(14)5-3-10)15-13(16)11-6-7-17-8-11/h2-9H,1H3,(H,15,16)/t9-/m0/s1. The lowest BCUT2D eigenvalue weighted by molar-refractivity contribution is 0.0940. The lowest BCUT2D eigenvalue weighted by Crippen LogP contribution is -2.26. The minimum Gasteiger partial charge on any atom is -0.345 e. The van der Waals surface area contributed by atoms with Crippen LogP contribution in [-0.2, 0) is 0 Å². The fourth-order valence-electron chi connectivity index (χ4n) is 1.51. The predicted molar refractivity (Wildman–Crippen MR) is 66.6 cm³/mol. The molecule has 1 aromatic carbocycles. The molecule has 0 bridgehead atoms. The lowest BCUT2D eigenvalue weighted by atomic mass is 10.1. The Hall–Kier alpha value is -1.68. The second kappa shape index (κ2) is 5.10. The Balaban J connectivity index is 2.04. The molecule has 0 aliphatic carbocycles. The molecule has 2 rings (SSSR count). The van der Waals surface area contributed by atoms with Gasteiger partial charge >= 0.3 is 0 Å². The molecule has 0 radical (unpaired) electrons. The lowest BCUT2D eigenvalue weighted by Gasteiger charge is -2.13. The molecule has 0 aliphatic rings. The molecule has 1 atom stereocenters. The van der Waals surface area contributed by atoms with Gasteiger partial charge in [-0.15, -0.1) is 0 Å². The van der Waals surface area contributed by atoms with E-state index in [1.54, 1.807) is 23.6 Å². The number of halogens is 1. The van der Waals surface area contributed by atoms with Crippen LogP contribution in [-0.4, -0.2) is 5.91 Å². The highest BCUT2D eigenvalue weighted by molar-refractivity contribution is 7.08. The Bertz CT molecular complexity index is 493. The van der Waals surface area contributed by atoms with Gasteiger partial charge in [0.25, 0.3) is 5.91 Å². The van der Waals surface area contributed by atoms with Crippen LogP contribution in [0.25, 0.3) is 0 Å². The Labute approximate surface area is 103 Å². The molecule has 0 unspecified atom stereocenters. The molecular weight excluding hydrogens is 237 g/mol. The Morgan fingerprint density at radius 3 is 2.59 bits per heavy atom. The van der Waals surface area contributed by atoms with Crippen molar-refractivity contribution in [3.8, 4) is 0 Å². The molecule has 88 valence electrons. The van der Waals surface area contributed by atoms with Gasteiger partial charge in [0.15, 0.2) is 0 Å². The van der Waals surface area contributed by atoms with Crippen LogP contribution in [0.5, 0.6) is 0 Å². The summed E-state index contributed by atoms with van der Waals surface area (Å²) in [7, 11) is 0. The SMILES string of the molecule is C[C@H](NC(=O)c1ccsc1)c1ccc(F)cc1. The van der Waals surface area contributed by atoms with Gasteiger partial charge in [-0.1, -0.05) is 12.1 Å². The molecule has 0 spiro atoms. The van der Waals surface area contributed by atoms with E-state index in [-0.39, 0.29) is 17.8 Å². The first-order chi connectivity index (χ1) is 8.16. The number of thiophene rings is 1. The van der Waals surface area contributed by atoms with Crippen molar-refractivity contribution >= 4 is 17.2 Å². The molecule has 1 amide bonds. The number of hydrogen-bond acceptors (Lipinski definition) is 2. The second-order valence-electron chi connectivity index (χ2n) is 3.76. The molecule has 4 heteroatoms. The summed E-state index contributed by atoms with van der Waals surface area (Å²) in [6, 6.07) is 7.77. The van der Waals surface area contributed by atoms with Crippen molar-refractivity contribution in [1.82, 2.24) is 5.32 Å². The summed E-state index contributed by atoms with van der Waals surface area (Å²) < 4.78 is 12.7. The topological polar surface area (TPSA) is 29.1 Å². The maximum Gasteiger partial charge on any atom is 0.252 e. The summed E-state index contributed by atoms with van der Waals surface area (Å²) in [6.45, 7) is 1.87. The number of benzene rings is 1. The quantitative estimate of drug-likeness (QED) is 0.887. The summed E-state index contributed by atoms with van der Waals surface area (Å²) in [5, 5.41) is 6.52. The fraction of sp³-hybridized carbons (Fsp3) is 0.154. The molecule has 0 fully saturated rings. The van der Waals surface area contributed by atoms with Crippen molar-refractivity contribution in [2.45, 2.75) is 13.0 Å². The highest BCUT2D eigenvalue weighted by Crippen LogP contribution is 2.14. The summed E-state index contributed by atoms with van der Waals surface area (Å²) in [6.07, 6.45) is 0. The van der Waals surface area contributed by atoms with Crippen molar-refractivity contribution in [1.29, 1.82) is 0 Å². The number of amides is 1. The Morgan fingerprint density at radius 2 is 2.00 bits per heavy atom. The van der Waals surface area contributed by atoms with Gasteiger partial charge in [-0.2, -0.15) is 11.3 Å². The van der Waals surface area contributed by atoms with Crippen molar-refractivity contribution < 1.29 is 9.18 Å². The van der Waals surface area contributed by atoms with Crippen LogP contribution >= 0.6 is 11.3 Å². The number of rotatable bonds is 3. The molecule has 0 aliphatic heterocycles. The van der Waals surface area contributed by atoms with E-state index in [2.05, 4.69) is 5.32 Å². The average Bonchev–Trinajstić information content (AvgIpc) is 2.83. The maximum absolute atomic E-state index is 12.7. The number of carbonyl (C=O) groups is 1. The van der Waals surface area contributed by atoms with E-state index in [4.69, 9.17) is 0 Å². The van der Waals surface area contributed by atoms with Crippen molar-refractivity contribution in [3.05, 3.63) is 58.0 Å². The molecule has 0 saturated carbocycles. The normalized spacial score (nSPS) is 12.1. The molecule has 17 heavy (non-hydrogen) atoms. The van der Waals surface area contributed by atoms with Gasteiger partial charge < -0.3 is 5.32 Å². The number of nitrogens with one attached hydrogen (secondary N) is 1. The average molecular weight is 249 g/mol. The van der Waals surface area contributed by atoms with E-state index < -0.39 is 0 Å². The van der Waals surface area contributed by atoms with Crippen LogP contribution in [0.15, 0.2) is 41.1 Å². The molecule has 1 aromatic heterocycles. The minimum absolute atomic E-state index is 0.108. The van der Waals surface area contributed by atoms with Gasteiger partial charge in [-0.05, 0) is 36.1 Å². The van der Waals surface area contributed by atoms with Gasteiger partial charge in [0.1, 0.15) is 5.82 Å². The summed E-state index contributed by atoms with van der Waals surface area (Å²) in [4.78, 5) is 11.8. The number of carbonyl (C=O) groups excluding carboxylic acids is 1. The van der Waals surface area contributed by atoms with E-state index >= 15 is 0 Å². The molecule has 2 nitrogen and oxygen atoms in total. The first kappa shape index (κ1) is 11.8. The van der Waals surface area contributed by atoms with Gasteiger partial charge in [-0.3, -0.25) is 4.79 Å². The third-order valence-corrected chi connectivity index (χ3v) is 3.18. The van der Waals surface area contributed by atoms with Crippen LogP contribution in [0.2, 0.25) is 0 Å². The first-order valence-electron chi connectivity index (χ1n) is 5.25. The zero-order valence-corrected chi connectivity index (χ0v) is 10.1. The maximum atomic E-state index is 12.7. The predicted octanol–water partition coefficient (Wildman–Crippen LogP) is 3.38. The summed E-state index contributed by atoms with van der Waals surface area (Å²) in [5.74, 6) is -0.381. The Morgan fingerprint density at radius 1 is 1.29 bits per heavy atom. The molecule has 1 heterocycles. The van der Waals surface area contributed by atoms with Crippen LogP contribution in [0.1, 0.15) is 28.9 Å². The van der Waals surface area contributed by atoms with E-state index in [0.717, 1.165) is 5.56 Å². The molecular formula is C13H12FNOS. The van der Waals surface area contributed by atoms with Gasteiger partial charge in [0, 0.05) is 5.38 Å². The first-order valence-corrected chi connectivity index (χ1v) is 6.19. The Kier molecular flexibility index (Phi) is 3.54. The monoisotopic (exact) mass is 249 g/mol. The van der Waals surface area contributed by atoms with Crippen LogP contribution in [0.4, 0.5) is 4.39 Å². The molecule has 2 aromatic rings. The summed E-state index contributed by atoms with van der Waals surface area (Å²) >= 11 is 1.48. The van der Waals surface area contributed by atoms with Crippen molar-refractivity contribution in [2.24, 2.45) is 0 Å². The van der Waals surface area contributed by atoms with E-state index in [0.29, 0.717) is 5.56 Å². The van der Waals surface area contributed by atoms with Crippen molar-refractivity contribution in [3.63, 3.8) is 0 Å². The summed E-state index contributed by atoms with van der Waals surface area (Å²) in [5.41, 5.74) is 1.54. The molecule has 0 saturated heterocycles. The van der Waals surface area contributed by atoms with Gasteiger partial charge in [0.05, 0.1) is 11.6 Å². The van der Waals surface area contributed by atoms with E-state index in [1.807, 2.05) is 12.3 Å². The molecule has 1 N–H and O–H groups in total. The van der Waals surface area contributed by atoms with Crippen molar-refractivity contribution in [2.75, 3.05) is 0 Å². The third kappa shape index (κ3) is 2.91. The van der Waals surface area contributed by atoms with E-state index in [9.17, 15) is 9.18 Å². The van der Waals surface area contributed by atoms with Crippen LogP contribution in [0.3, 0.4) is 0 Å². The fourth-order valence-corrected chi connectivity index (χ4v) is 2.14. The largest absolute Gasteiger partial charge is 0.345 e. The smallest absolute Gasteiger partial charge is 0.252 e. The van der Waals surface area contributed by atoms with Crippen LogP contribution in [0, 0.1) is 5.82 Å². The highest BCUT2D eigenvalue weighted by Gasteiger charge is 2.11. The van der Waals surface area contributed by atoms with E-state index in [1.165, 1.54) is 23.5 Å². The van der Waals surface area contributed by atoms with Gasteiger partial charge in [0.2, 0.25) is 0 Å². The third-order valence-electron chi connectivity index (χ3n) is 2.50. The highest BCUT2D eigenvalue weighted by atomic mass is 32.1. The minimum atomic E-state index is -0.273. The zero-order chi connectivity index (χ0) is 12.3.